The molecule has 1 unspecified atom stereocenters. The van der Waals surface area contributed by atoms with Crippen molar-refractivity contribution in [2.75, 3.05) is 19.7 Å². The molecule has 0 radical (unpaired) electrons. The van der Waals surface area contributed by atoms with Crippen molar-refractivity contribution in [2.24, 2.45) is 0 Å². The number of amides is 2. The van der Waals surface area contributed by atoms with E-state index in [4.69, 9.17) is 16.3 Å². The van der Waals surface area contributed by atoms with Gasteiger partial charge in [0.15, 0.2) is 6.61 Å². The molecule has 0 aliphatic rings. The van der Waals surface area contributed by atoms with Gasteiger partial charge in [-0.1, -0.05) is 23.8 Å². The summed E-state index contributed by atoms with van der Waals surface area (Å²) in [6.07, 6.45) is 3.25. The molecular formula is C17H21ClN2O3. The number of ether oxygens (including phenoxy) is 1. The molecular weight excluding hydrogens is 316 g/mol. The lowest BCUT2D eigenvalue weighted by Gasteiger charge is -2.23. The fraction of sp³-hybridized carbons (Fsp3) is 0.294. The van der Waals surface area contributed by atoms with E-state index in [1.54, 1.807) is 48.2 Å². The van der Waals surface area contributed by atoms with E-state index >= 15 is 0 Å². The lowest BCUT2D eigenvalue weighted by atomic mass is 10.2. The minimum Gasteiger partial charge on any atom is -0.484 e. The zero-order valence-corrected chi connectivity index (χ0v) is 13.9. The Morgan fingerprint density at radius 1 is 1.26 bits per heavy atom. The van der Waals surface area contributed by atoms with Crippen molar-refractivity contribution in [3.8, 4) is 5.75 Å². The van der Waals surface area contributed by atoms with E-state index in [1.165, 1.54) is 0 Å². The summed E-state index contributed by atoms with van der Waals surface area (Å²) >= 11 is 5.77. The normalized spacial score (nSPS) is 11.2. The van der Waals surface area contributed by atoms with Crippen LogP contribution in [0.25, 0.3) is 0 Å². The number of hydrogen-bond acceptors (Lipinski definition) is 3. The maximum Gasteiger partial charge on any atom is 0.258 e. The molecule has 0 bridgehead atoms. The van der Waals surface area contributed by atoms with Crippen LogP contribution in [-0.2, 0) is 9.59 Å². The van der Waals surface area contributed by atoms with Gasteiger partial charge < -0.3 is 15.0 Å². The van der Waals surface area contributed by atoms with Crippen LogP contribution in [0.1, 0.15) is 6.92 Å². The second-order valence-electron chi connectivity index (χ2n) is 4.85. The van der Waals surface area contributed by atoms with Crippen molar-refractivity contribution < 1.29 is 14.3 Å². The number of halogens is 1. The molecule has 1 N–H and O–H groups in total. The summed E-state index contributed by atoms with van der Waals surface area (Å²) in [6, 6.07) is 6.02. The van der Waals surface area contributed by atoms with Gasteiger partial charge in [0.05, 0.1) is 0 Å². The molecule has 1 aromatic carbocycles. The van der Waals surface area contributed by atoms with Crippen LogP contribution in [0.2, 0.25) is 5.02 Å². The zero-order chi connectivity index (χ0) is 17.2. The lowest BCUT2D eigenvalue weighted by Crippen LogP contribution is -2.48. The Morgan fingerprint density at radius 2 is 1.83 bits per heavy atom. The minimum atomic E-state index is -0.656. The predicted molar refractivity (Wildman–Crippen MR) is 91.5 cm³/mol. The summed E-state index contributed by atoms with van der Waals surface area (Å²) in [5.74, 6) is -0.0499. The quantitative estimate of drug-likeness (QED) is 0.705. The second-order valence-corrected chi connectivity index (χ2v) is 5.29. The van der Waals surface area contributed by atoms with Crippen molar-refractivity contribution in [1.29, 1.82) is 0 Å². The first-order chi connectivity index (χ1) is 11.0. The topological polar surface area (TPSA) is 58.6 Å². The van der Waals surface area contributed by atoms with E-state index in [0.717, 1.165) is 0 Å². The SMILES string of the molecule is C=CCN(CC=C)C(=O)C(C)NC(=O)COc1ccc(Cl)cc1. The molecule has 1 atom stereocenters. The molecule has 0 aliphatic heterocycles. The van der Waals surface area contributed by atoms with Crippen LogP contribution in [0.15, 0.2) is 49.6 Å². The third-order valence-electron chi connectivity index (χ3n) is 2.94. The Morgan fingerprint density at radius 3 is 2.35 bits per heavy atom. The molecule has 0 aromatic heterocycles. The molecule has 1 aromatic rings. The highest BCUT2D eigenvalue weighted by molar-refractivity contribution is 6.30. The number of nitrogens with one attached hydrogen (secondary N) is 1. The molecule has 0 spiro atoms. The van der Waals surface area contributed by atoms with Crippen LogP contribution in [0.4, 0.5) is 0 Å². The summed E-state index contributed by atoms with van der Waals surface area (Å²) < 4.78 is 5.33. The first-order valence-corrected chi connectivity index (χ1v) is 7.54. The van der Waals surface area contributed by atoms with Gasteiger partial charge in [-0.3, -0.25) is 9.59 Å². The lowest BCUT2D eigenvalue weighted by molar-refractivity contribution is -0.135. The Hall–Kier alpha value is -2.27. The van der Waals surface area contributed by atoms with Gasteiger partial charge in [-0.05, 0) is 31.2 Å². The van der Waals surface area contributed by atoms with Crippen LogP contribution < -0.4 is 10.1 Å². The van der Waals surface area contributed by atoms with Crippen LogP contribution >= 0.6 is 11.6 Å². The molecule has 124 valence electrons. The summed E-state index contributed by atoms with van der Waals surface area (Å²) in [5, 5.41) is 3.20. The van der Waals surface area contributed by atoms with E-state index in [1.807, 2.05) is 0 Å². The maximum atomic E-state index is 12.2. The van der Waals surface area contributed by atoms with Gasteiger partial charge >= 0.3 is 0 Å². The van der Waals surface area contributed by atoms with Crippen LogP contribution in [0.5, 0.6) is 5.75 Å². The van der Waals surface area contributed by atoms with E-state index in [2.05, 4.69) is 18.5 Å². The predicted octanol–water partition coefficient (Wildman–Crippen LogP) is 2.42. The summed E-state index contributed by atoms with van der Waals surface area (Å²) in [7, 11) is 0. The van der Waals surface area contributed by atoms with Crippen molar-refractivity contribution in [1.82, 2.24) is 10.2 Å². The van der Waals surface area contributed by atoms with Gasteiger partial charge in [0, 0.05) is 18.1 Å². The molecule has 0 heterocycles. The van der Waals surface area contributed by atoms with Crippen molar-refractivity contribution in [2.45, 2.75) is 13.0 Å². The number of nitrogens with zero attached hydrogens (tertiary/aromatic N) is 1. The average Bonchev–Trinajstić information content (AvgIpc) is 2.53. The molecule has 0 saturated carbocycles. The largest absolute Gasteiger partial charge is 0.484 e. The first-order valence-electron chi connectivity index (χ1n) is 7.16. The summed E-state index contributed by atoms with van der Waals surface area (Å²) in [6.45, 7) is 9.46. The van der Waals surface area contributed by atoms with Crippen LogP contribution in [0.3, 0.4) is 0 Å². The van der Waals surface area contributed by atoms with Gasteiger partial charge in [-0.25, -0.2) is 0 Å². The molecule has 5 nitrogen and oxygen atoms in total. The molecule has 0 saturated heterocycles. The van der Waals surface area contributed by atoms with Gasteiger partial charge in [-0.15, -0.1) is 13.2 Å². The summed E-state index contributed by atoms with van der Waals surface area (Å²) in [5.41, 5.74) is 0. The molecule has 23 heavy (non-hydrogen) atoms. The van der Waals surface area contributed by atoms with Crippen molar-refractivity contribution in [3.63, 3.8) is 0 Å². The molecule has 6 heteroatoms. The third-order valence-corrected chi connectivity index (χ3v) is 3.19. The molecule has 1 rings (SSSR count). The zero-order valence-electron chi connectivity index (χ0n) is 13.1. The molecule has 0 aliphatic carbocycles. The van der Waals surface area contributed by atoms with Gasteiger partial charge in [0.2, 0.25) is 5.91 Å². The van der Waals surface area contributed by atoms with E-state index in [0.29, 0.717) is 23.9 Å². The number of carbonyl (C=O) groups is 2. The van der Waals surface area contributed by atoms with Crippen molar-refractivity contribution in [3.05, 3.63) is 54.6 Å². The monoisotopic (exact) mass is 336 g/mol. The van der Waals surface area contributed by atoms with Gasteiger partial charge in [0.25, 0.3) is 5.91 Å². The Balaban J connectivity index is 2.48. The number of rotatable bonds is 9. The fourth-order valence-electron chi connectivity index (χ4n) is 1.86. The maximum absolute atomic E-state index is 12.2. The van der Waals surface area contributed by atoms with E-state index < -0.39 is 6.04 Å². The average molecular weight is 337 g/mol. The highest BCUT2D eigenvalue weighted by atomic mass is 35.5. The molecule has 0 fully saturated rings. The Kier molecular flexibility index (Phi) is 7.91. The smallest absolute Gasteiger partial charge is 0.258 e. The number of benzene rings is 1. The molecule has 2 amide bonds. The fourth-order valence-corrected chi connectivity index (χ4v) is 1.99. The number of carbonyl (C=O) groups excluding carboxylic acids is 2. The Bertz CT molecular complexity index is 547. The minimum absolute atomic E-state index is 0.178. The second kappa shape index (κ2) is 9.69. The summed E-state index contributed by atoms with van der Waals surface area (Å²) in [4.78, 5) is 25.6. The van der Waals surface area contributed by atoms with Crippen LogP contribution in [0, 0.1) is 0 Å². The van der Waals surface area contributed by atoms with Crippen molar-refractivity contribution >= 4 is 23.4 Å². The van der Waals surface area contributed by atoms with Crippen LogP contribution in [-0.4, -0.2) is 42.5 Å². The number of hydrogen-bond donors (Lipinski definition) is 1. The first kappa shape index (κ1) is 18.8. The Labute approximate surface area is 141 Å². The third kappa shape index (κ3) is 6.57. The van der Waals surface area contributed by atoms with Gasteiger partial charge in [-0.2, -0.15) is 0 Å². The van der Waals surface area contributed by atoms with E-state index in [-0.39, 0.29) is 18.4 Å². The highest BCUT2D eigenvalue weighted by Crippen LogP contribution is 2.15. The van der Waals surface area contributed by atoms with E-state index in [9.17, 15) is 9.59 Å². The highest BCUT2D eigenvalue weighted by Gasteiger charge is 2.20. The standard InChI is InChI=1S/C17H21ClN2O3/c1-4-10-20(11-5-2)17(22)13(3)19-16(21)12-23-15-8-6-14(18)7-9-15/h4-9,13H,1-2,10-12H2,3H3,(H,19,21). The van der Waals surface area contributed by atoms with Gasteiger partial charge in [0.1, 0.15) is 11.8 Å².